The summed E-state index contributed by atoms with van der Waals surface area (Å²) in [4.78, 5) is 37.6. The van der Waals surface area contributed by atoms with Crippen molar-refractivity contribution in [1.82, 2.24) is 0 Å². The molecule has 0 N–H and O–H groups in total. The molecule has 182 valence electrons. The summed E-state index contributed by atoms with van der Waals surface area (Å²) in [7, 11) is 0. The van der Waals surface area contributed by atoms with Crippen molar-refractivity contribution in [1.29, 1.82) is 0 Å². The lowest BCUT2D eigenvalue weighted by Gasteiger charge is -2.58. The third kappa shape index (κ3) is 4.07. The van der Waals surface area contributed by atoms with E-state index in [0.717, 1.165) is 50.5 Å². The van der Waals surface area contributed by atoms with Crippen LogP contribution in [0.5, 0.6) is 0 Å². The van der Waals surface area contributed by atoms with Gasteiger partial charge in [-0.05, 0) is 91.6 Å². The number of ether oxygens (including phenoxy) is 1. The van der Waals surface area contributed by atoms with Crippen molar-refractivity contribution in [2.45, 2.75) is 78.1 Å². The Morgan fingerprint density at radius 3 is 2.56 bits per heavy atom. The molecule has 4 aliphatic rings. The monoisotopic (exact) mass is 462 g/mol. The maximum absolute atomic E-state index is 13.2. The van der Waals surface area contributed by atoms with Crippen LogP contribution in [0.3, 0.4) is 0 Å². The first-order valence-corrected chi connectivity index (χ1v) is 13.3. The molecule has 0 bridgehead atoms. The molecule has 3 fully saturated rings. The molecule has 0 heterocycles. The van der Waals surface area contributed by atoms with Gasteiger partial charge in [-0.25, -0.2) is 0 Å². The van der Waals surface area contributed by atoms with Crippen LogP contribution in [0.4, 0.5) is 0 Å². The SMILES string of the molecule is C[C@@]12CC[C@@H]3[C@H](CCC4=CC(=O)CC[C@]43C)[C@H]1CC[C@H]2C(=O)COC(=O)CCc1ccccc1. The second-order valence-corrected chi connectivity index (χ2v) is 11.8. The fourth-order valence-electron chi connectivity index (χ4n) is 8.30. The molecule has 6 atom stereocenters. The molecule has 0 saturated heterocycles. The van der Waals surface area contributed by atoms with Gasteiger partial charge in [-0.1, -0.05) is 49.8 Å². The van der Waals surface area contributed by atoms with Gasteiger partial charge in [-0.15, -0.1) is 0 Å². The zero-order valence-electron chi connectivity index (χ0n) is 20.7. The predicted molar refractivity (Wildman–Crippen MR) is 131 cm³/mol. The van der Waals surface area contributed by atoms with E-state index in [0.29, 0.717) is 42.8 Å². The molecule has 0 amide bonds. The Hall–Kier alpha value is -2.23. The third-order valence-corrected chi connectivity index (χ3v) is 10.2. The van der Waals surface area contributed by atoms with Crippen molar-refractivity contribution in [3.05, 3.63) is 47.5 Å². The summed E-state index contributed by atoms with van der Waals surface area (Å²) < 4.78 is 5.44. The lowest BCUT2D eigenvalue weighted by molar-refractivity contribution is -0.151. The highest BCUT2D eigenvalue weighted by Gasteiger charge is 2.60. The van der Waals surface area contributed by atoms with Crippen LogP contribution in [0.1, 0.15) is 77.2 Å². The van der Waals surface area contributed by atoms with Crippen molar-refractivity contribution in [3.63, 3.8) is 0 Å². The van der Waals surface area contributed by atoms with Gasteiger partial charge in [-0.2, -0.15) is 0 Å². The quantitative estimate of drug-likeness (QED) is 0.495. The molecule has 3 saturated carbocycles. The van der Waals surface area contributed by atoms with E-state index in [9.17, 15) is 14.4 Å². The molecule has 34 heavy (non-hydrogen) atoms. The maximum atomic E-state index is 13.2. The first kappa shape index (κ1) is 23.5. The summed E-state index contributed by atoms with van der Waals surface area (Å²) in [5.41, 5.74) is 2.67. The van der Waals surface area contributed by atoms with Gasteiger partial charge < -0.3 is 4.74 Å². The summed E-state index contributed by atoms with van der Waals surface area (Å²) >= 11 is 0. The number of hydrogen-bond donors (Lipinski definition) is 0. The lowest BCUT2D eigenvalue weighted by atomic mass is 9.46. The van der Waals surface area contributed by atoms with E-state index in [-0.39, 0.29) is 35.1 Å². The van der Waals surface area contributed by atoms with E-state index in [1.165, 1.54) is 5.57 Å². The molecule has 5 rings (SSSR count). The number of fused-ring (bicyclic) bond motifs is 5. The van der Waals surface area contributed by atoms with Crippen LogP contribution < -0.4 is 0 Å². The summed E-state index contributed by atoms with van der Waals surface area (Å²) in [5, 5.41) is 0. The normalized spacial score (nSPS) is 36.6. The van der Waals surface area contributed by atoms with Gasteiger partial charge in [-0.3, -0.25) is 14.4 Å². The Bertz CT molecular complexity index is 994. The van der Waals surface area contributed by atoms with Gasteiger partial charge in [0.25, 0.3) is 0 Å². The topological polar surface area (TPSA) is 60.4 Å². The minimum Gasteiger partial charge on any atom is -0.458 e. The Morgan fingerprint density at radius 2 is 1.76 bits per heavy atom. The van der Waals surface area contributed by atoms with E-state index in [1.807, 2.05) is 36.4 Å². The number of allylic oxidation sites excluding steroid dienone is 1. The molecule has 4 heteroatoms. The minimum atomic E-state index is -0.285. The molecule has 0 aromatic heterocycles. The maximum Gasteiger partial charge on any atom is 0.306 e. The average Bonchev–Trinajstić information content (AvgIpc) is 3.19. The van der Waals surface area contributed by atoms with Crippen LogP contribution in [0.2, 0.25) is 0 Å². The second-order valence-electron chi connectivity index (χ2n) is 11.8. The Balaban J connectivity index is 1.20. The number of Topliss-reactive ketones (excluding diaryl/α,β-unsaturated/α-hetero) is 1. The van der Waals surface area contributed by atoms with Crippen molar-refractivity contribution < 1.29 is 19.1 Å². The van der Waals surface area contributed by atoms with Gasteiger partial charge in [0.15, 0.2) is 11.6 Å². The number of benzene rings is 1. The van der Waals surface area contributed by atoms with Gasteiger partial charge >= 0.3 is 5.97 Å². The number of hydrogen-bond acceptors (Lipinski definition) is 4. The smallest absolute Gasteiger partial charge is 0.306 e. The molecule has 0 aliphatic heterocycles. The van der Waals surface area contributed by atoms with Crippen molar-refractivity contribution in [2.24, 2.45) is 34.5 Å². The number of aryl methyl sites for hydroxylation is 1. The fourth-order valence-corrected chi connectivity index (χ4v) is 8.30. The second kappa shape index (κ2) is 9.09. The lowest BCUT2D eigenvalue weighted by Crippen LogP contribution is -2.51. The van der Waals surface area contributed by atoms with E-state index >= 15 is 0 Å². The molecular formula is C30H38O4. The fraction of sp³-hybridized carbons (Fsp3) is 0.633. The van der Waals surface area contributed by atoms with Gasteiger partial charge in [0, 0.05) is 18.8 Å². The molecule has 1 aromatic rings. The Labute approximate surface area is 203 Å². The number of esters is 1. The number of rotatable bonds is 6. The molecule has 4 nitrogen and oxygen atoms in total. The Kier molecular flexibility index (Phi) is 6.29. The molecule has 1 aromatic carbocycles. The van der Waals surface area contributed by atoms with Crippen LogP contribution in [0, 0.1) is 34.5 Å². The number of carbonyl (C=O) groups excluding carboxylic acids is 3. The predicted octanol–water partition coefficient (Wildman–Crippen LogP) is 5.88. The molecule has 0 unspecified atom stereocenters. The first-order valence-electron chi connectivity index (χ1n) is 13.3. The summed E-state index contributed by atoms with van der Waals surface area (Å²) in [6, 6.07) is 9.90. The van der Waals surface area contributed by atoms with Crippen LogP contribution >= 0.6 is 0 Å². The summed E-state index contributed by atoms with van der Waals surface area (Å²) in [5.74, 6) is 1.96. The number of carbonyl (C=O) groups is 3. The van der Waals surface area contributed by atoms with E-state index in [4.69, 9.17) is 4.74 Å². The summed E-state index contributed by atoms with van der Waals surface area (Å²) in [6.45, 7) is 4.65. The standard InChI is InChI=1S/C30H38O4/c1-29-16-14-22(31)18-21(29)9-10-23-24-11-12-26(30(24,2)17-15-25(23)29)27(32)19-34-28(33)13-8-20-6-4-3-5-7-20/h3-7,18,23-26H,8-17,19H2,1-2H3/t23-,24-,25-,26+,29-,30-/m1/s1. The van der Waals surface area contributed by atoms with Gasteiger partial charge in [0.1, 0.15) is 6.61 Å². The zero-order valence-corrected chi connectivity index (χ0v) is 20.7. The van der Waals surface area contributed by atoms with Gasteiger partial charge in [0.2, 0.25) is 0 Å². The third-order valence-electron chi connectivity index (χ3n) is 10.2. The largest absolute Gasteiger partial charge is 0.458 e. The van der Waals surface area contributed by atoms with E-state index in [1.54, 1.807) is 0 Å². The minimum absolute atomic E-state index is 0.00180. The highest BCUT2D eigenvalue weighted by molar-refractivity contribution is 5.91. The molecular weight excluding hydrogens is 424 g/mol. The van der Waals surface area contributed by atoms with Crippen molar-refractivity contribution >= 4 is 17.5 Å². The zero-order chi connectivity index (χ0) is 23.9. The van der Waals surface area contributed by atoms with Crippen LogP contribution in [-0.2, 0) is 25.5 Å². The highest BCUT2D eigenvalue weighted by Crippen LogP contribution is 2.66. The van der Waals surface area contributed by atoms with Crippen molar-refractivity contribution in [2.75, 3.05) is 6.61 Å². The Morgan fingerprint density at radius 1 is 0.971 bits per heavy atom. The van der Waals surface area contributed by atoms with Crippen molar-refractivity contribution in [3.8, 4) is 0 Å². The first-order chi connectivity index (χ1) is 16.3. The molecule has 0 spiro atoms. The average molecular weight is 463 g/mol. The van der Waals surface area contributed by atoms with E-state index < -0.39 is 0 Å². The van der Waals surface area contributed by atoms with E-state index in [2.05, 4.69) is 13.8 Å². The van der Waals surface area contributed by atoms with Gasteiger partial charge in [0.05, 0.1) is 0 Å². The van der Waals surface area contributed by atoms with Crippen LogP contribution in [-0.4, -0.2) is 24.1 Å². The summed E-state index contributed by atoms with van der Waals surface area (Å²) in [6.07, 6.45) is 11.0. The van der Waals surface area contributed by atoms with Crippen LogP contribution in [0.25, 0.3) is 0 Å². The highest BCUT2D eigenvalue weighted by atomic mass is 16.5. The van der Waals surface area contributed by atoms with Crippen LogP contribution in [0.15, 0.2) is 42.0 Å². The molecule has 0 radical (unpaired) electrons. The molecule has 4 aliphatic carbocycles. The number of ketones is 2.